The molecule has 0 aliphatic rings. The Bertz CT molecular complexity index is 393. The molecule has 2 nitrogen and oxygen atoms in total. The second-order valence-electron chi connectivity index (χ2n) is 4.32. The highest BCUT2D eigenvalue weighted by molar-refractivity contribution is 9.10. The number of ketones is 1. The van der Waals surface area contributed by atoms with E-state index < -0.39 is 0 Å². The van der Waals surface area contributed by atoms with E-state index in [0.717, 1.165) is 5.56 Å². The number of carbonyl (C=O) groups is 1. The van der Waals surface area contributed by atoms with E-state index in [1.54, 1.807) is 12.1 Å². The van der Waals surface area contributed by atoms with Crippen molar-refractivity contribution in [3.8, 4) is 0 Å². The number of carbonyl (C=O) groups excluding carboxylic acids is 1. The first-order valence-corrected chi connectivity index (χ1v) is 6.47. The zero-order valence-corrected chi connectivity index (χ0v) is 11.7. The van der Waals surface area contributed by atoms with Gasteiger partial charge in [0.2, 0.25) is 0 Å². The molecule has 4 heteroatoms. The fourth-order valence-electron chi connectivity index (χ4n) is 1.47. The Hall–Kier alpha value is -0.740. The number of halogens is 2. The van der Waals surface area contributed by atoms with Crippen molar-refractivity contribution in [1.82, 2.24) is 5.32 Å². The largest absolute Gasteiger partial charge is 0.314 e. The fraction of sp³-hybridized carbons (Fsp3) is 0.462. The van der Waals surface area contributed by atoms with Crippen molar-refractivity contribution in [2.24, 2.45) is 0 Å². The van der Waals surface area contributed by atoms with E-state index in [0.29, 0.717) is 29.9 Å². The van der Waals surface area contributed by atoms with Crippen molar-refractivity contribution < 1.29 is 9.18 Å². The van der Waals surface area contributed by atoms with Crippen LogP contribution >= 0.6 is 15.9 Å². The molecule has 1 aromatic carbocycles. The van der Waals surface area contributed by atoms with Gasteiger partial charge in [-0.2, -0.15) is 0 Å². The predicted octanol–water partition coefficient (Wildman–Crippen LogP) is 3.09. The number of Topliss-reactive ketones (excluding diaryl/α,β-unsaturated/α-hetero) is 1. The van der Waals surface area contributed by atoms with Gasteiger partial charge in [-0.15, -0.1) is 0 Å². The molecular weight excluding hydrogens is 285 g/mol. The Morgan fingerprint density at radius 2 is 2.18 bits per heavy atom. The van der Waals surface area contributed by atoms with Crippen molar-refractivity contribution in [2.45, 2.75) is 32.7 Å². The first-order chi connectivity index (χ1) is 7.99. The van der Waals surface area contributed by atoms with Gasteiger partial charge < -0.3 is 5.32 Å². The number of benzene rings is 1. The van der Waals surface area contributed by atoms with E-state index >= 15 is 0 Å². The molecule has 0 saturated carbocycles. The van der Waals surface area contributed by atoms with Gasteiger partial charge in [-0.1, -0.05) is 19.9 Å². The van der Waals surface area contributed by atoms with Crippen LogP contribution in [0.15, 0.2) is 22.7 Å². The molecule has 0 fully saturated rings. The summed E-state index contributed by atoms with van der Waals surface area (Å²) >= 11 is 3.11. The van der Waals surface area contributed by atoms with Crippen LogP contribution in [-0.4, -0.2) is 18.4 Å². The van der Waals surface area contributed by atoms with E-state index in [1.165, 1.54) is 6.07 Å². The van der Waals surface area contributed by atoms with Crippen LogP contribution in [0, 0.1) is 5.82 Å². The fourth-order valence-corrected chi connectivity index (χ4v) is 1.89. The summed E-state index contributed by atoms with van der Waals surface area (Å²) in [7, 11) is 0. The van der Waals surface area contributed by atoms with Gasteiger partial charge in [0.15, 0.2) is 0 Å². The molecule has 1 rings (SSSR count). The van der Waals surface area contributed by atoms with Crippen LogP contribution in [0.1, 0.15) is 25.8 Å². The second-order valence-corrected chi connectivity index (χ2v) is 5.18. The summed E-state index contributed by atoms with van der Waals surface area (Å²) in [6, 6.07) is 5.07. The molecule has 17 heavy (non-hydrogen) atoms. The molecule has 0 aromatic heterocycles. The lowest BCUT2D eigenvalue weighted by atomic mass is 10.1. The summed E-state index contributed by atoms with van der Waals surface area (Å²) in [5.74, 6) is -0.140. The summed E-state index contributed by atoms with van der Waals surface area (Å²) in [5, 5.41) is 3.19. The monoisotopic (exact) mass is 301 g/mol. The average Bonchev–Trinajstić information content (AvgIpc) is 2.23. The van der Waals surface area contributed by atoms with Crippen LogP contribution in [0.5, 0.6) is 0 Å². The Kier molecular flexibility index (Phi) is 5.78. The second kappa shape index (κ2) is 6.87. The number of hydrogen-bond acceptors (Lipinski definition) is 2. The quantitative estimate of drug-likeness (QED) is 0.875. The molecule has 0 radical (unpaired) electrons. The zero-order valence-electron chi connectivity index (χ0n) is 10.1. The van der Waals surface area contributed by atoms with Crippen LogP contribution < -0.4 is 5.32 Å². The summed E-state index contributed by atoms with van der Waals surface area (Å²) in [6.07, 6.45) is 0.867. The van der Waals surface area contributed by atoms with Gasteiger partial charge in [-0.05, 0) is 33.6 Å². The highest BCUT2D eigenvalue weighted by atomic mass is 79.9. The minimum atomic E-state index is -0.303. The van der Waals surface area contributed by atoms with Crippen molar-refractivity contribution >= 4 is 21.7 Å². The van der Waals surface area contributed by atoms with E-state index in [1.807, 2.05) is 13.8 Å². The molecule has 0 unspecified atom stereocenters. The van der Waals surface area contributed by atoms with E-state index in [9.17, 15) is 9.18 Å². The Morgan fingerprint density at radius 1 is 1.47 bits per heavy atom. The van der Waals surface area contributed by atoms with Gasteiger partial charge in [0.25, 0.3) is 0 Å². The molecule has 0 heterocycles. The Morgan fingerprint density at radius 3 is 2.76 bits per heavy atom. The maximum atomic E-state index is 13.0. The normalized spacial score (nSPS) is 10.9. The van der Waals surface area contributed by atoms with Crippen molar-refractivity contribution in [1.29, 1.82) is 0 Å². The summed E-state index contributed by atoms with van der Waals surface area (Å²) < 4.78 is 13.4. The van der Waals surface area contributed by atoms with Gasteiger partial charge in [-0.25, -0.2) is 4.39 Å². The molecule has 1 N–H and O–H groups in total. The van der Waals surface area contributed by atoms with Crippen LogP contribution in [0.3, 0.4) is 0 Å². The topological polar surface area (TPSA) is 29.1 Å². The molecular formula is C13H17BrFNO. The van der Waals surface area contributed by atoms with Crippen LogP contribution in [0.2, 0.25) is 0 Å². The minimum absolute atomic E-state index is 0.164. The standard InChI is InChI=1S/C13H17BrFNO/c1-9(2)16-6-5-11(17)7-10-3-4-13(15)12(14)8-10/h3-4,8-9,16H,5-7H2,1-2H3. The molecule has 1 aromatic rings. The lowest BCUT2D eigenvalue weighted by Gasteiger charge is -2.07. The highest BCUT2D eigenvalue weighted by Crippen LogP contribution is 2.17. The lowest BCUT2D eigenvalue weighted by Crippen LogP contribution is -2.25. The van der Waals surface area contributed by atoms with E-state index in [-0.39, 0.29) is 11.6 Å². The number of hydrogen-bond donors (Lipinski definition) is 1. The molecule has 0 spiro atoms. The van der Waals surface area contributed by atoms with Gasteiger partial charge in [0.1, 0.15) is 11.6 Å². The van der Waals surface area contributed by atoms with E-state index in [4.69, 9.17) is 0 Å². The lowest BCUT2D eigenvalue weighted by molar-refractivity contribution is -0.118. The third-order valence-electron chi connectivity index (χ3n) is 2.34. The Balaban J connectivity index is 2.42. The number of nitrogens with one attached hydrogen (secondary N) is 1. The van der Waals surface area contributed by atoms with Crippen LogP contribution in [0.4, 0.5) is 4.39 Å². The summed E-state index contributed by atoms with van der Waals surface area (Å²) in [6.45, 7) is 4.78. The van der Waals surface area contributed by atoms with Crippen LogP contribution in [-0.2, 0) is 11.2 Å². The van der Waals surface area contributed by atoms with E-state index in [2.05, 4.69) is 21.2 Å². The number of rotatable bonds is 6. The average molecular weight is 302 g/mol. The maximum Gasteiger partial charge on any atom is 0.138 e. The van der Waals surface area contributed by atoms with Gasteiger partial charge >= 0.3 is 0 Å². The molecule has 0 bridgehead atoms. The molecule has 0 aliphatic carbocycles. The molecule has 0 aliphatic heterocycles. The zero-order chi connectivity index (χ0) is 12.8. The smallest absolute Gasteiger partial charge is 0.138 e. The van der Waals surface area contributed by atoms with Gasteiger partial charge in [0.05, 0.1) is 4.47 Å². The third kappa shape index (κ3) is 5.41. The first-order valence-electron chi connectivity index (χ1n) is 5.68. The maximum absolute atomic E-state index is 13.0. The van der Waals surface area contributed by atoms with Gasteiger partial charge in [0, 0.05) is 25.4 Å². The molecule has 94 valence electrons. The third-order valence-corrected chi connectivity index (χ3v) is 2.95. The molecule has 0 atom stereocenters. The van der Waals surface area contributed by atoms with Crippen molar-refractivity contribution in [2.75, 3.05) is 6.54 Å². The predicted molar refractivity (Wildman–Crippen MR) is 70.6 cm³/mol. The molecule has 0 saturated heterocycles. The summed E-state index contributed by atoms with van der Waals surface area (Å²) in [4.78, 5) is 11.6. The van der Waals surface area contributed by atoms with Crippen molar-refractivity contribution in [3.63, 3.8) is 0 Å². The Labute approximate surface area is 110 Å². The first kappa shape index (κ1) is 14.3. The van der Waals surface area contributed by atoms with Gasteiger partial charge in [-0.3, -0.25) is 4.79 Å². The van der Waals surface area contributed by atoms with Crippen LogP contribution in [0.25, 0.3) is 0 Å². The molecule has 0 amide bonds. The summed E-state index contributed by atoms with van der Waals surface area (Å²) in [5.41, 5.74) is 0.841. The SMILES string of the molecule is CC(C)NCCC(=O)Cc1ccc(F)c(Br)c1. The van der Waals surface area contributed by atoms with Crippen molar-refractivity contribution in [3.05, 3.63) is 34.1 Å². The highest BCUT2D eigenvalue weighted by Gasteiger charge is 2.06. The minimum Gasteiger partial charge on any atom is -0.314 e.